The number of rotatable bonds is 66. The SMILES string of the molecule is CCCCCCCCCCCCCCCCCCCCCCCCCCCCCCCCC(=O)NC(COC1OC(CO)C(OC2OC(CO)C(O)C(O)C2O)C(O)C1O)C(O)CCCCCCCCCCCCCCCCCCCCCCCCCCC. The van der Waals surface area contributed by atoms with Gasteiger partial charge >= 0.3 is 0 Å². The fraction of sp³-hybridized carbons (Fsp3) is 0.987. The van der Waals surface area contributed by atoms with E-state index in [-0.39, 0.29) is 12.5 Å². The molecule has 2 aliphatic rings. The lowest BCUT2D eigenvalue weighted by molar-refractivity contribution is -0.359. The molecule has 0 aromatic carbocycles. The molecule has 12 unspecified atom stereocenters. The monoisotopic (exact) mass is 1270 g/mol. The van der Waals surface area contributed by atoms with Crippen molar-refractivity contribution in [3.63, 3.8) is 0 Å². The van der Waals surface area contributed by atoms with Gasteiger partial charge in [-0.15, -0.1) is 0 Å². The summed E-state index contributed by atoms with van der Waals surface area (Å²) in [5.41, 5.74) is 0. The zero-order chi connectivity index (χ0) is 64.5. The van der Waals surface area contributed by atoms with Crippen LogP contribution in [-0.2, 0) is 23.7 Å². The van der Waals surface area contributed by atoms with Crippen molar-refractivity contribution in [3.8, 4) is 0 Å². The fourth-order valence-electron chi connectivity index (χ4n) is 13.4. The molecular formula is C75H147NO13. The Bertz CT molecular complexity index is 1500. The van der Waals surface area contributed by atoms with Crippen molar-refractivity contribution in [1.29, 1.82) is 0 Å². The summed E-state index contributed by atoms with van der Waals surface area (Å²) in [7, 11) is 0. The standard InChI is InChI=1S/C75H147NO13/c1-3-5-7-9-11-13-15-17-19-21-23-25-27-29-30-31-32-33-35-37-39-41-43-45-47-49-51-53-55-57-59-67(80)76-63(62-86-74-72(85)70(83)73(66(61-78)88-74)89-75-71(84)69(82)68(81)65(60-77)87-75)64(79)58-56-54-52-50-48-46-44-42-40-38-36-34-28-26-24-22-20-18-16-14-12-10-8-6-4-2/h63-66,68-75,77-79,81-85H,3-62H2,1-2H3,(H,76,80). The van der Waals surface area contributed by atoms with Gasteiger partial charge in [-0.25, -0.2) is 0 Å². The van der Waals surface area contributed by atoms with Crippen LogP contribution in [0, 0.1) is 0 Å². The fourth-order valence-corrected chi connectivity index (χ4v) is 13.4. The number of carbonyl (C=O) groups is 1. The molecule has 1 amide bonds. The molecule has 0 saturated carbocycles. The van der Waals surface area contributed by atoms with Gasteiger partial charge in [-0.3, -0.25) is 4.79 Å². The third-order valence-electron chi connectivity index (χ3n) is 19.6. The molecule has 14 heteroatoms. The van der Waals surface area contributed by atoms with Crippen LogP contribution in [0.2, 0.25) is 0 Å². The average Bonchev–Trinajstić information content (AvgIpc) is 1.39. The lowest BCUT2D eigenvalue weighted by atomic mass is 9.97. The van der Waals surface area contributed by atoms with Crippen LogP contribution in [0.1, 0.15) is 380 Å². The van der Waals surface area contributed by atoms with Gasteiger partial charge < -0.3 is 65.1 Å². The van der Waals surface area contributed by atoms with Crippen LogP contribution in [0.25, 0.3) is 0 Å². The lowest BCUT2D eigenvalue weighted by Gasteiger charge is -2.46. The maximum absolute atomic E-state index is 13.4. The summed E-state index contributed by atoms with van der Waals surface area (Å²) in [4.78, 5) is 13.4. The highest BCUT2D eigenvalue weighted by atomic mass is 16.7. The van der Waals surface area contributed by atoms with Crippen molar-refractivity contribution in [2.45, 2.75) is 453 Å². The molecular weight excluding hydrogens is 1120 g/mol. The summed E-state index contributed by atoms with van der Waals surface area (Å²) in [6, 6.07) is -0.825. The van der Waals surface area contributed by atoms with Crippen LogP contribution in [0.3, 0.4) is 0 Å². The first-order valence-corrected chi connectivity index (χ1v) is 38.8. The van der Waals surface area contributed by atoms with Crippen molar-refractivity contribution >= 4 is 5.91 Å². The van der Waals surface area contributed by atoms with Gasteiger partial charge in [-0.1, -0.05) is 361 Å². The second-order valence-electron chi connectivity index (χ2n) is 27.9. The van der Waals surface area contributed by atoms with E-state index in [0.717, 1.165) is 51.4 Å². The smallest absolute Gasteiger partial charge is 0.220 e. The molecule has 2 rings (SSSR count). The predicted molar refractivity (Wildman–Crippen MR) is 365 cm³/mol. The Morgan fingerprint density at radius 2 is 0.640 bits per heavy atom. The van der Waals surface area contributed by atoms with E-state index in [1.54, 1.807) is 0 Å². The zero-order valence-corrected chi connectivity index (χ0v) is 58.0. The van der Waals surface area contributed by atoms with Gasteiger partial charge in [-0.05, 0) is 12.8 Å². The van der Waals surface area contributed by atoms with E-state index < -0.39 is 86.8 Å². The number of hydrogen-bond acceptors (Lipinski definition) is 13. The summed E-state index contributed by atoms with van der Waals surface area (Å²) in [6.07, 6.45) is 57.1. The van der Waals surface area contributed by atoms with Crippen molar-refractivity contribution in [3.05, 3.63) is 0 Å². The quantitative estimate of drug-likeness (QED) is 0.0259. The Hall–Kier alpha value is -1.01. The molecule has 0 bridgehead atoms. The molecule has 2 aliphatic heterocycles. The Balaban J connectivity index is 1.62. The van der Waals surface area contributed by atoms with E-state index in [1.807, 2.05) is 0 Å². The first kappa shape index (κ1) is 84.1. The number of nitrogens with one attached hydrogen (secondary N) is 1. The number of amides is 1. The molecule has 530 valence electrons. The molecule has 89 heavy (non-hydrogen) atoms. The molecule has 0 spiro atoms. The van der Waals surface area contributed by atoms with Crippen molar-refractivity contribution in [1.82, 2.24) is 5.32 Å². The van der Waals surface area contributed by atoms with Gasteiger partial charge in [0.05, 0.1) is 32.0 Å². The molecule has 2 fully saturated rings. The molecule has 14 nitrogen and oxygen atoms in total. The van der Waals surface area contributed by atoms with Crippen LogP contribution in [0.4, 0.5) is 0 Å². The predicted octanol–water partition coefficient (Wildman–Crippen LogP) is 16.7. The van der Waals surface area contributed by atoms with Gasteiger partial charge in [0.25, 0.3) is 0 Å². The van der Waals surface area contributed by atoms with Crippen LogP contribution in [0.5, 0.6) is 0 Å². The normalized spacial score (nSPS) is 22.9. The molecule has 0 aromatic rings. The highest BCUT2D eigenvalue weighted by Gasteiger charge is 2.51. The zero-order valence-electron chi connectivity index (χ0n) is 58.0. The Morgan fingerprint density at radius 1 is 0.360 bits per heavy atom. The van der Waals surface area contributed by atoms with Crippen molar-refractivity contribution < 1.29 is 64.6 Å². The highest BCUT2D eigenvalue weighted by Crippen LogP contribution is 2.30. The summed E-state index contributed by atoms with van der Waals surface area (Å²) in [6.45, 7) is 2.94. The van der Waals surface area contributed by atoms with E-state index in [4.69, 9.17) is 18.9 Å². The lowest BCUT2D eigenvalue weighted by Crippen LogP contribution is -2.65. The van der Waals surface area contributed by atoms with Crippen LogP contribution in [0.15, 0.2) is 0 Å². The largest absolute Gasteiger partial charge is 0.394 e. The van der Waals surface area contributed by atoms with Gasteiger partial charge in [0.2, 0.25) is 5.91 Å². The third kappa shape index (κ3) is 44.4. The highest BCUT2D eigenvalue weighted by molar-refractivity contribution is 5.76. The minimum Gasteiger partial charge on any atom is -0.394 e. The topological polar surface area (TPSA) is 228 Å². The first-order valence-electron chi connectivity index (χ1n) is 38.8. The Morgan fingerprint density at radius 3 is 0.955 bits per heavy atom. The van der Waals surface area contributed by atoms with E-state index in [2.05, 4.69) is 19.2 Å². The maximum atomic E-state index is 13.4. The van der Waals surface area contributed by atoms with E-state index >= 15 is 0 Å². The van der Waals surface area contributed by atoms with Gasteiger partial charge in [0, 0.05) is 6.42 Å². The summed E-state index contributed by atoms with van der Waals surface area (Å²) < 4.78 is 23.0. The van der Waals surface area contributed by atoms with Crippen LogP contribution in [-0.4, -0.2) is 140 Å². The number of ether oxygens (including phenoxy) is 4. The third-order valence-corrected chi connectivity index (χ3v) is 19.6. The summed E-state index contributed by atoms with van der Waals surface area (Å²) >= 11 is 0. The average molecular weight is 1270 g/mol. The number of unbranched alkanes of at least 4 members (excludes halogenated alkanes) is 53. The number of hydrogen-bond donors (Lipinski definition) is 9. The number of carbonyl (C=O) groups excluding carboxylic acids is 1. The molecule has 12 atom stereocenters. The van der Waals surface area contributed by atoms with Crippen LogP contribution < -0.4 is 5.32 Å². The molecule has 9 N–H and O–H groups in total. The van der Waals surface area contributed by atoms with Crippen molar-refractivity contribution in [2.24, 2.45) is 0 Å². The van der Waals surface area contributed by atoms with E-state index in [1.165, 1.54) is 302 Å². The molecule has 2 saturated heterocycles. The second kappa shape index (κ2) is 60.6. The summed E-state index contributed by atoms with van der Waals surface area (Å²) in [5.74, 6) is -0.195. The molecule has 0 radical (unpaired) electrons. The number of aliphatic hydroxyl groups excluding tert-OH is 8. The van der Waals surface area contributed by atoms with Crippen molar-refractivity contribution in [2.75, 3.05) is 19.8 Å². The van der Waals surface area contributed by atoms with Gasteiger partial charge in [0.1, 0.15) is 48.8 Å². The molecule has 2 heterocycles. The molecule has 0 aliphatic carbocycles. The minimum absolute atomic E-state index is 0.195. The van der Waals surface area contributed by atoms with Gasteiger partial charge in [-0.2, -0.15) is 0 Å². The van der Waals surface area contributed by atoms with E-state index in [0.29, 0.717) is 12.8 Å². The minimum atomic E-state index is -1.78. The van der Waals surface area contributed by atoms with E-state index in [9.17, 15) is 45.6 Å². The summed E-state index contributed by atoms with van der Waals surface area (Å²) in [5, 5.41) is 87.8. The number of aliphatic hydroxyl groups is 8. The maximum Gasteiger partial charge on any atom is 0.220 e. The van der Waals surface area contributed by atoms with Gasteiger partial charge in [0.15, 0.2) is 12.6 Å². The Kier molecular flexibility index (Phi) is 57.3. The first-order chi connectivity index (χ1) is 43.6. The van der Waals surface area contributed by atoms with Crippen LogP contribution >= 0.6 is 0 Å². The second-order valence-corrected chi connectivity index (χ2v) is 27.9. The molecule has 0 aromatic heterocycles. The Labute approximate surface area is 546 Å².